The Morgan fingerprint density at radius 3 is 2.17 bits per heavy atom. The molecule has 0 unspecified atom stereocenters. The summed E-state index contributed by atoms with van der Waals surface area (Å²) in [6.07, 6.45) is -4.53. The van der Waals surface area contributed by atoms with Crippen LogP contribution in [0.4, 0.5) is 18.9 Å². The summed E-state index contributed by atoms with van der Waals surface area (Å²) in [5, 5.41) is 2.65. The van der Waals surface area contributed by atoms with E-state index >= 15 is 0 Å². The highest BCUT2D eigenvalue weighted by atomic mass is 35.5. The number of halogens is 4. The van der Waals surface area contributed by atoms with Crippen molar-refractivity contribution in [3.8, 4) is 11.8 Å². The zero-order chi connectivity index (χ0) is 16.9. The van der Waals surface area contributed by atoms with Crippen LogP contribution < -0.4 is 5.32 Å². The van der Waals surface area contributed by atoms with Gasteiger partial charge in [0.25, 0.3) is 5.91 Å². The fraction of sp³-hybridized carbons (Fsp3) is 0.118. The second-order valence-corrected chi connectivity index (χ2v) is 4.88. The van der Waals surface area contributed by atoms with Crippen LogP contribution in [0, 0.1) is 11.8 Å². The Morgan fingerprint density at radius 1 is 1.04 bits per heavy atom. The molecule has 0 spiro atoms. The SMILES string of the molecule is O=C(Nc1ccc(C#CC(F)(F)F)cc1)c1ccc(CCl)cc1. The highest BCUT2D eigenvalue weighted by molar-refractivity contribution is 6.17. The number of alkyl halides is 4. The largest absolute Gasteiger partial charge is 0.458 e. The molecule has 0 aliphatic rings. The molecule has 0 saturated carbocycles. The van der Waals surface area contributed by atoms with Crippen molar-refractivity contribution < 1.29 is 18.0 Å². The van der Waals surface area contributed by atoms with Crippen molar-refractivity contribution in [1.82, 2.24) is 0 Å². The molecule has 0 fully saturated rings. The Labute approximate surface area is 136 Å². The number of nitrogens with one attached hydrogen (secondary N) is 1. The smallest absolute Gasteiger partial charge is 0.322 e. The number of carbonyl (C=O) groups excluding carboxylic acids is 1. The maximum Gasteiger partial charge on any atom is 0.458 e. The van der Waals surface area contributed by atoms with E-state index in [9.17, 15) is 18.0 Å². The highest BCUT2D eigenvalue weighted by Gasteiger charge is 2.22. The van der Waals surface area contributed by atoms with Gasteiger partial charge in [0, 0.05) is 28.6 Å². The molecular weight excluding hydrogens is 327 g/mol. The zero-order valence-electron chi connectivity index (χ0n) is 11.7. The maximum atomic E-state index is 12.0. The molecule has 2 aromatic rings. The van der Waals surface area contributed by atoms with E-state index in [1.165, 1.54) is 30.2 Å². The minimum Gasteiger partial charge on any atom is -0.322 e. The molecule has 0 aliphatic heterocycles. The van der Waals surface area contributed by atoms with Crippen molar-refractivity contribution in [2.75, 3.05) is 5.32 Å². The second kappa shape index (κ2) is 7.21. The lowest BCUT2D eigenvalue weighted by Crippen LogP contribution is -2.11. The van der Waals surface area contributed by atoms with Crippen LogP contribution in [0.3, 0.4) is 0 Å². The first-order valence-electron chi connectivity index (χ1n) is 6.53. The average molecular weight is 338 g/mol. The third-order valence-corrected chi connectivity index (χ3v) is 3.17. The monoisotopic (exact) mass is 337 g/mol. The molecule has 23 heavy (non-hydrogen) atoms. The van der Waals surface area contributed by atoms with E-state index in [2.05, 4.69) is 5.32 Å². The van der Waals surface area contributed by atoms with Crippen LogP contribution in [-0.4, -0.2) is 12.1 Å². The molecule has 6 heteroatoms. The predicted octanol–water partition coefficient (Wildman–Crippen LogP) is 4.59. The molecule has 2 rings (SSSR count). The molecule has 0 heterocycles. The van der Waals surface area contributed by atoms with E-state index in [0.717, 1.165) is 5.56 Å². The molecule has 2 nitrogen and oxygen atoms in total. The molecule has 1 N–H and O–H groups in total. The number of benzene rings is 2. The van der Waals surface area contributed by atoms with Crippen LogP contribution in [0.1, 0.15) is 21.5 Å². The molecule has 0 radical (unpaired) electrons. The van der Waals surface area contributed by atoms with Crippen LogP contribution in [-0.2, 0) is 5.88 Å². The quantitative estimate of drug-likeness (QED) is 0.644. The molecular formula is C17H11ClF3NO. The van der Waals surface area contributed by atoms with Gasteiger partial charge in [-0.3, -0.25) is 4.79 Å². The van der Waals surface area contributed by atoms with Crippen molar-refractivity contribution in [2.24, 2.45) is 0 Å². The van der Waals surface area contributed by atoms with Crippen LogP contribution in [0.5, 0.6) is 0 Å². The summed E-state index contributed by atoms with van der Waals surface area (Å²) in [6.45, 7) is 0. The number of amides is 1. The van der Waals surface area contributed by atoms with Gasteiger partial charge in [-0.15, -0.1) is 11.6 Å². The topological polar surface area (TPSA) is 29.1 Å². The van der Waals surface area contributed by atoms with Crippen LogP contribution in [0.2, 0.25) is 0 Å². The first-order chi connectivity index (χ1) is 10.9. The molecule has 2 aromatic carbocycles. The predicted molar refractivity (Wildman–Crippen MR) is 83.3 cm³/mol. The number of anilines is 1. The van der Waals surface area contributed by atoms with Gasteiger partial charge in [0.2, 0.25) is 0 Å². The molecule has 0 aliphatic carbocycles. The van der Waals surface area contributed by atoms with E-state index in [0.29, 0.717) is 17.1 Å². The van der Waals surface area contributed by atoms with Crippen LogP contribution >= 0.6 is 11.6 Å². The van der Waals surface area contributed by atoms with Crippen molar-refractivity contribution in [3.63, 3.8) is 0 Å². The summed E-state index contributed by atoms with van der Waals surface area (Å²) in [7, 11) is 0. The fourth-order valence-corrected chi connectivity index (χ4v) is 1.91. The van der Waals surface area contributed by atoms with Gasteiger partial charge < -0.3 is 5.32 Å². The van der Waals surface area contributed by atoms with Crippen LogP contribution in [0.25, 0.3) is 0 Å². The lowest BCUT2D eigenvalue weighted by molar-refractivity contribution is -0.0696. The summed E-state index contributed by atoms with van der Waals surface area (Å²) in [4.78, 5) is 12.0. The summed E-state index contributed by atoms with van der Waals surface area (Å²) >= 11 is 5.68. The highest BCUT2D eigenvalue weighted by Crippen LogP contribution is 2.15. The summed E-state index contributed by atoms with van der Waals surface area (Å²) in [6, 6.07) is 12.6. The third kappa shape index (κ3) is 5.35. The van der Waals surface area contributed by atoms with Gasteiger partial charge >= 0.3 is 6.18 Å². The Hall–Kier alpha value is -2.45. The number of hydrogen-bond donors (Lipinski definition) is 1. The van der Waals surface area contributed by atoms with Gasteiger partial charge in [0.05, 0.1) is 0 Å². The molecule has 0 atom stereocenters. The van der Waals surface area contributed by atoms with Crippen molar-refractivity contribution in [3.05, 3.63) is 65.2 Å². The number of hydrogen-bond acceptors (Lipinski definition) is 1. The lowest BCUT2D eigenvalue weighted by atomic mass is 10.1. The van der Waals surface area contributed by atoms with Crippen LogP contribution in [0.15, 0.2) is 48.5 Å². The Balaban J connectivity index is 2.04. The van der Waals surface area contributed by atoms with Gasteiger partial charge in [-0.05, 0) is 42.0 Å². The minimum atomic E-state index is -4.53. The number of rotatable bonds is 3. The van der Waals surface area contributed by atoms with Gasteiger partial charge in [0.1, 0.15) is 0 Å². The zero-order valence-corrected chi connectivity index (χ0v) is 12.5. The molecule has 0 bridgehead atoms. The summed E-state index contributed by atoms with van der Waals surface area (Å²) in [5.41, 5.74) is 2.04. The van der Waals surface area contributed by atoms with E-state index in [1.54, 1.807) is 24.3 Å². The average Bonchev–Trinajstić information content (AvgIpc) is 2.53. The summed E-state index contributed by atoms with van der Waals surface area (Å²) in [5.74, 6) is 3.24. The van der Waals surface area contributed by atoms with Gasteiger partial charge in [-0.1, -0.05) is 18.1 Å². The Kier molecular flexibility index (Phi) is 5.30. The molecule has 0 aromatic heterocycles. The lowest BCUT2D eigenvalue weighted by Gasteiger charge is -2.06. The first-order valence-corrected chi connectivity index (χ1v) is 7.07. The maximum absolute atomic E-state index is 12.0. The number of carbonyl (C=O) groups is 1. The van der Waals surface area contributed by atoms with Crippen molar-refractivity contribution >= 4 is 23.2 Å². The van der Waals surface area contributed by atoms with Gasteiger partial charge in [0.15, 0.2) is 0 Å². The summed E-state index contributed by atoms with van der Waals surface area (Å²) < 4.78 is 36.0. The second-order valence-electron chi connectivity index (χ2n) is 4.61. The normalized spacial score (nSPS) is 10.6. The van der Waals surface area contributed by atoms with Crippen molar-refractivity contribution in [2.45, 2.75) is 12.1 Å². The van der Waals surface area contributed by atoms with E-state index < -0.39 is 6.18 Å². The van der Waals surface area contributed by atoms with E-state index in [-0.39, 0.29) is 11.5 Å². The Bertz CT molecular complexity index is 741. The minimum absolute atomic E-state index is 0.215. The first kappa shape index (κ1) is 16.9. The van der Waals surface area contributed by atoms with Gasteiger partial charge in [-0.2, -0.15) is 13.2 Å². The Morgan fingerprint density at radius 2 is 1.65 bits per heavy atom. The molecule has 1 amide bonds. The van der Waals surface area contributed by atoms with Gasteiger partial charge in [-0.25, -0.2) is 0 Å². The van der Waals surface area contributed by atoms with E-state index in [1.807, 2.05) is 5.92 Å². The fourth-order valence-electron chi connectivity index (χ4n) is 1.73. The van der Waals surface area contributed by atoms with Crippen molar-refractivity contribution in [1.29, 1.82) is 0 Å². The van der Waals surface area contributed by atoms with E-state index in [4.69, 9.17) is 11.6 Å². The standard InChI is InChI=1S/C17H11ClF3NO/c18-11-13-1-5-14(6-2-13)16(23)22-15-7-3-12(4-8-15)9-10-17(19,20)21/h1-8H,11H2,(H,22,23). The third-order valence-electron chi connectivity index (χ3n) is 2.86. The molecule has 0 saturated heterocycles. The molecule has 118 valence electrons.